The number of para-hydroxylation sites is 1. The summed E-state index contributed by atoms with van der Waals surface area (Å²) in [6, 6.07) is 9.89. The number of benzene rings is 1. The van der Waals surface area contributed by atoms with Crippen LogP contribution in [0.3, 0.4) is 0 Å². The minimum Gasteiger partial charge on any atom is -0.361 e. The Morgan fingerprint density at radius 1 is 1.15 bits per heavy atom. The average Bonchev–Trinajstić information content (AvgIpc) is 3.33. The van der Waals surface area contributed by atoms with E-state index in [2.05, 4.69) is 31.3 Å². The number of amides is 1. The van der Waals surface area contributed by atoms with E-state index in [-0.39, 0.29) is 5.91 Å². The number of aryl methyl sites for hydroxylation is 1. The minimum absolute atomic E-state index is 0.0146. The van der Waals surface area contributed by atoms with Crippen LogP contribution >= 0.6 is 11.3 Å². The Kier molecular flexibility index (Phi) is 4.70. The maximum Gasteiger partial charge on any atom is 0.220 e. The zero-order chi connectivity index (χ0) is 17.8. The van der Waals surface area contributed by atoms with Crippen molar-refractivity contribution in [3.05, 3.63) is 65.6 Å². The van der Waals surface area contributed by atoms with Crippen molar-refractivity contribution in [3.63, 3.8) is 0 Å². The first-order valence-corrected chi connectivity index (χ1v) is 9.21. The summed E-state index contributed by atoms with van der Waals surface area (Å²) in [6.07, 6.45) is 6.51. The number of hydrogen-bond acceptors (Lipinski definition) is 5. The topological polar surface area (TPSA) is 83.6 Å². The van der Waals surface area contributed by atoms with Gasteiger partial charge in [0.1, 0.15) is 0 Å². The van der Waals surface area contributed by atoms with Crippen LogP contribution in [0.15, 0.2) is 54.3 Å². The van der Waals surface area contributed by atoms with E-state index in [4.69, 9.17) is 0 Å². The van der Waals surface area contributed by atoms with Gasteiger partial charge in [-0.05, 0) is 24.1 Å². The minimum atomic E-state index is 0.0146. The van der Waals surface area contributed by atoms with Crippen LogP contribution in [0.5, 0.6) is 0 Å². The molecule has 0 aliphatic carbocycles. The molecular weight excluding hydrogens is 346 g/mol. The van der Waals surface area contributed by atoms with Crippen LogP contribution in [0.25, 0.3) is 21.7 Å². The van der Waals surface area contributed by atoms with Crippen LogP contribution in [0.4, 0.5) is 0 Å². The summed E-state index contributed by atoms with van der Waals surface area (Å²) in [5.74, 6) is 0.621. The second-order valence-electron chi connectivity index (χ2n) is 5.85. The molecule has 0 fully saturated rings. The van der Waals surface area contributed by atoms with E-state index in [1.165, 1.54) is 16.7 Å². The quantitative estimate of drug-likeness (QED) is 0.550. The first-order chi connectivity index (χ1) is 12.8. The maximum absolute atomic E-state index is 12.2. The normalized spacial score (nSPS) is 10.9. The number of rotatable bonds is 6. The molecular formula is C19H17N5OS. The molecule has 1 amide bonds. The zero-order valence-corrected chi connectivity index (χ0v) is 14.8. The number of nitrogens with zero attached hydrogens (tertiary/aromatic N) is 3. The van der Waals surface area contributed by atoms with Crippen LogP contribution in [-0.4, -0.2) is 25.8 Å². The van der Waals surface area contributed by atoms with E-state index >= 15 is 0 Å². The molecule has 0 spiro atoms. The fourth-order valence-electron chi connectivity index (χ4n) is 2.76. The second-order valence-corrected chi connectivity index (χ2v) is 6.71. The highest BCUT2D eigenvalue weighted by molar-refractivity contribution is 7.13. The van der Waals surface area contributed by atoms with Crippen LogP contribution in [0.2, 0.25) is 0 Å². The fraction of sp³-hybridized carbons (Fsp3) is 0.158. The molecule has 0 bridgehead atoms. The number of thiazole rings is 1. The van der Waals surface area contributed by atoms with Gasteiger partial charge in [-0.25, -0.2) is 15.0 Å². The Morgan fingerprint density at radius 3 is 2.88 bits per heavy atom. The molecule has 3 heterocycles. The first kappa shape index (κ1) is 16.4. The van der Waals surface area contributed by atoms with E-state index in [0.29, 0.717) is 25.2 Å². The lowest BCUT2D eigenvalue weighted by Gasteiger charge is -2.03. The van der Waals surface area contributed by atoms with Gasteiger partial charge >= 0.3 is 0 Å². The summed E-state index contributed by atoms with van der Waals surface area (Å²) < 4.78 is 0. The molecule has 0 atom stereocenters. The highest BCUT2D eigenvalue weighted by Crippen LogP contribution is 2.20. The van der Waals surface area contributed by atoms with Crippen LogP contribution in [0, 0.1) is 0 Å². The van der Waals surface area contributed by atoms with Crippen molar-refractivity contribution in [2.75, 3.05) is 0 Å². The van der Waals surface area contributed by atoms with Gasteiger partial charge < -0.3 is 10.3 Å². The average molecular weight is 363 g/mol. The van der Waals surface area contributed by atoms with Crippen molar-refractivity contribution >= 4 is 28.1 Å². The molecule has 0 aliphatic heterocycles. The Morgan fingerprint density at radius 2 is 2.00 bits per heavy atom. The number of fused-ring (bicyclic) bond motifs is 1. The molecule has 130 valence electrons. The van der Waals surface area contributed by atoms with Crippen LogP contribution in [0.1, 0.15) is 17.7 Å². The van der Waals surface area contributed by atoms with Crippen molar-refractivity contribution in [1.29, 1.82) is 0 Å². The van der Waals surface area contributed by atoms with Gasteiger partial charge in [-0.3, -0.25) is 4.79 Å². The van der Waals surface area contributed by atoms with Gasteiger partial charge in [0.15, 0.2) is 10.8 Å². The van der Waals surface area contributed by atoms with Crippen molar-refractivity contribution < 1.29 is 4.79 Å². The van der Waals surface area contributed by atoms with Crippen molar-refractivity contribution in [1.82, 2.24) is 25.3 Å². The number of nitrogens with one attached hydrogen (secondary N) is 2. The number of aromatic nitrogens is 4. The SMILES string of the molecule is O=C(CCc1c[nH]c2ccccc12)NCc1csc(-c2ncccn2)n1. The zero-order valence-electron chi connectivity index (χ0n) is 14.0. The van der Waals surface area contributed by atoms with Gasteiger partial charge in [-0.15, -0.1) is 11.3 Å². The molecule has 0 saturated heterocycles. The lowest BCUT2D eigenvalue weighted by molar-refractivity contribution is -0.121. The molecule has 0 saturated carbocycles. The van der Waals surface area contributed by atoms with Crippen LogP contribution in [-0.2, 0) is 17.8 Å². The third-order valence-electron chi connectivity index (χ3n) is 4.07. The predicted octanol–water partition coefficient (Wildman–Crippen LogP) is 3.33. The van der Waals surface area contributed by atoms with E-state index in [9.17, 15) is 4.79 Å². The fourth-order valence-corrected chi connectivity index (χ4v) is 3.53. The summed E-state index contributed by atoms with van der Waals surface area (Å²) in [7, 11) is 0. The molecule has 26 heavy (non-hydrogen) atoms. The summed E-state index contributed by atoms with van der Waals surface area (Å²) in [4.78, 5) is 28.2. The third kappa shape index (κ3) is 3.62. The van der Waals surface area contributed by atoms with Gasteiger partial charge in [-0.2, -0.15) is 0 Å². The van der Waals surface area contributed by atoms with Gasteiger partial charge in [0, 0.05) is 41.3 Å². The largest absolute Gasteiger partial charge is 0.361 e. The maximum atomic E-state index is 12.2. The van der Waals surface area contributed by atoms with Crippen molar-refractivity contribution in [3.8, 4) is 10.8 Å². The van der Waals surface area contributed by atoms with E-state index in [1.807, 2.05) is 29.8 Å². The van der Waals surface area contributed by atoms with Gasteiger partial charge in [0.25, 0.3) is 0 Å². The summed E-state index contributed by atoms with van der Waals surface area (Å²) in [5, 5.41) is 6.78. The van der Waals surface area contributed by atoms with E-state index < -0.39 is 0 Å². The molecule has 7 heteroatoms. The first-order valence-electron chi connectivity index (χ1n) is 8.33. The third-order valence-corrected chi connectivity index (χ3v) is 4.96. The molecule has 4 rings (SSSR count). The number of H-pyrrole nitrogens is 1. The molecule has 0 radical (unpaired) electrons. The van der Waals surface area contributed by atoms with Crippen LogP contribution < -0.4 is 5.32 Å². The molecule has 3 aromatic heterocycles. The summed E-state index contributed by atoms with van der Waals surface area (Å²) in [5.41, 5.74) is 3.08. The Bertz CT molecular complexity index is 1020. The number of carbonyl (C=O) groups excluding carboxylic acids is 1. The number of carbonyl (C=O) groups is 1. The summed E-state index contributed by atoms with van der Waals surface area (Å²) >= 11 is 1.48. The Hall–Kier alpha value is -3.06. The van der Waals surface area contributed by atoms with E-state index in [1.54, 1.807) is 18.5 Å². The van der Waals surface area contributed by atoms with Crippen molar-refractivity contribution in [2.45, 2.75) is 19.4 Å². The lowest BCUT2D eigenvalue weighted by atomic mass is 10.1. The number of hydrogen-bond donors (Lipinski definition) is 2. The highest BCUT2D eigenvalue weighted by Gasteiger charge is 2.09. The monoisotopic (exact) mass is 363 g/mol. The second kappa shape index (κ2) is 7.45. The molecule has 1 aromatic carbocycles. The van der Waals surface area contributed by atoms with Gasteiger partial charge in [-0.1, -0.05) is 18.2 Å². The molecule has 6 nitrogen and oxygen atoms in total. The predicted molar refractivity (Wildman–Crippen MR) is 102 cm³/mol. The number of aromatic amines is 1. The molecule has 4 aromatic rings. The van der Waals surface area contributed by atoms with Crippen molar-refractivity contribution in [2.24, 2.45) is 0 Å². The Balaban J connectivity index is 1.31. The molecule has 2 N–H and O–H groups in total. The molecule has 0 aliphatic rings. The standard InChI is InChI=1S/C19H17N5OS/c25-17(7-6-13-10-22-16-5-2-1-4-15(13)16)23-11-14-12-26-19(24-14)18-20-8-3-9-21-18/h1-5,8-10,12,22H,6-7,11H2,(H,23,25). The highest BCUT2D eigenvalue weighted by atomic mass is 32.1. The Labute approximate surface area is 154 Å². The lowest BCUT2D eigenvalue weighted by Crippen LogP contribution is -2.23. The molecule has 0 unspecified atom stereocenters. The van der Waals surface area contributed by atoms with Gasteiger partial charge in [0.2, 0.25) is 5.91 Å². The smallest absolute Gasteiger partial charge is 0.220 e. The van der Waals surface area contributed by atoms with E-state index in [0.717, 1.165) is 21.8 Å². The van der Waals surface area contributed by atoms with Gasteiger partial charge in [0.05, 0.1) is 12.2 Å². The summed E-state index contributed by atoms with van der Waals surface area (Å²) in [6.45, 7) is 0.413.